The summed E-state index contributed by atoms with van der Waals surface area (Å²) in [5.74, 6) is -0.216. The van der Waals surface area contributed by atoms with Crippen molar-refractivity contribution in [1.82, 2.24) is 5.32 Å². The second kappa shape index (κ2) is 53.0. The summed E-state index contributed by atoms with van der Waals surface area (Å²) < 4.78 is 23.3. The summed E-state index contributed by atoms with van der Waals surface area (Å²) in [6, 6.07) is -0.916. The maximum Gasteiger partial charge on any atom is 0.268 e. The molecule has 414 valence electrons. The summed E-state index contributed by atoms with van der Waals surface area (Å²) in [6.45, 7) is 4.49. The van der Waals surface area contributed by atoms with Crippen molar-refractivity contribution in [3.63, 3.8) is 0 Å². The van der Waals surface area contributed by atoms with Crippen molar-refractivity contribution in [3.8, 4) is 0 Å². The fourth-order valence-corrected chi connectivity index (χ4v) is 8.62. The number of aliphatic hydroxyl groups excluding tert-OH is 1. The lowest BCUT2D eigenvalue weighted by Gasteiger charge is -2.29. The van der Waals surface area contributed by atoms with Gasteiger partial charge in [-0.25, -0.2) is 0 Å². The highest BCUT2D eigenvalue weighted by atomic mass is 31.2. The van der Waals surface area contributed by atoms with E-state index in [1.807, 2.05) is 27.2 Å². The van der Waals surface area contributed by atoms with E-state index >= 15 is 0 Å². The predicted molar refractivity (Wildman–Crippen MR) is 311 cm³/mol. The predicted octanol–water partition coefficient (Wildman–Crippen LogP) is 17.3. The highest BCUT2D eigenvalue weighted by Crippen LogP contribution is 2.38. The van der Waals surface area contributed by atoms with Crippen LogP contribution in [0.3, 0.4) is 0 Å². The normalized spacial score (nSPS) is 14.7. The second-order valence-corrected chi connectivity index (χ2v) is 22.0. The van der Waals surface area contributed by atoms with E-state index in [1.165, 1.54) is 128 Å². The van der Waals surface area contributed by atoms with Gasteiger partial charge in [-0.2, -0.15) is 0 Å². The van der Waals surface area contributed by atoms with Gasteiger partial charge in [-0.15, -0.1) is 0 Å². The molecule has 0 radical (unpaired) electrons. The van der Waals surface area contributed by atoms with E-state index in [-0.39, 0.29) is 12.5 Å². The maximum atomic E-state index is 13.0. The average molecular weight is 1020 g/mol. The van der Waals surface area contributed by atoms with Gasteiger partial charge in [0.1, 0.15) is 13.2 Å². The number of rotatable bonds is 52. The summed E-state index contributed by atoms with van der Waals surface area (Å²) >= 11 is 0. The van der Waals surface area contributed by atoms with Gasteiger partial charge in [0, 0.05) is 6.42 Å². The number of nitrogens with zero attached hydrogens (tertiary/aromatic N) is 1. The van der Waals surface area contributed by atoms with E-state index < -0.39 is 26.6 Å². The largest absolute Gasteiger partial charge is 0.756 e. The van der Waals surface area contributed by atoms with Crippen molar-refractivity contribution in [2.45, 2.75) is 244 Å². The van der Waals surface area contributed by atoms with Gasteiger partial charge in [-0.05, 0) is 96.3 Å². The van der Waals surface area contributed by atoms with Gasteiger partial charge in [-0.3, -0.25) is 9.36 Å². The van der Waals surface area contributed by atoms with Crippen molar-refractivity contribution < 1.29 is 32.9 Å². The van der Waals surface area contributed by atoms with Crippen molar-refractivity contribution >= 4 is 13.7 Å². The first-order valence-corrected chi connectivity index (χ1v) is 30.7. The molecule has 0 aliphatic rings. The van der Waals surface area contributed by atoms with Crippen molar-refractivity contribution in [1.29, 1.82) is 0 Å². The van der Waals surface area contributed by atoms with Gasteiger partial charge in [0.05, 0.1) is 39.9 Å². The molecule has 0 rings (SSSR count). The Hall–Kier alpha value is -2.84. The van der Waals surface area contributed by atoms with E-state index in [1.54, 1.807) is 6.08 Å². The Morgan fingerprint density at radius 1 is 0.500 bits per heavy atom. The lowest BCUT2D eigenvalue weighted by atomic mass is 10.0. The van der Waals surface area contributed by atoms with E-state index in [2.05, 4.69) is 116 Å². The summed E-state index contributed by atoms with van der Waals surface area (Å²) in [4.78, 5) is 25.5. The van der Waals surface area contributed by atoms with Crippen molar-refractivity contribution in [3.05, 3.63) is 109 Å². The first-order chi connectivity index (χ1) is 35.0. The molecule has 0 aliphatic carbocycles. The molecular weight excluding hydrogens is 912 g/mol. The molecule has 0 spiro atoms. The molecule has 8 nitrogen and oxygen atoms in total. The van der Waals surface area contributed by atoms with Crippen LogP contribution < -0.4 is 10.2 Å². The molecule has 2 N–H and O–H groups in total. The Labute approximate surface area is 444 Å². The number of hydrogen-bond donors (Lipinski definition) is 2. The molecule has 0 fully saturated rings. The number of allylic oxidation sites excluding steroid dienone is 17. The minimum absolute atomic E-state index is 0.0133. The Balaban J connectivity index is 4.18. The summed E-state index contributed by atoms with van der Waals surface area (Å²) in [5.41, 5.74) is 0. The third-order valence-electron chi connectivity index (χ3n) is 12.4. The molecule has 0 saturated carbocycles. The van der Waals surface area contributed by atoms with Gasteiger partial charge in [0.25, 0.3) is 7.82 Å². The van der Waals surface area contributed by atoms with Crippen LogP contribution in [-0.2, 0) is 18.4 Å². The third-order valence-corrected chi connectivity index (χ3v) is 13.4. The number of amides is 1. The molecule has 72 heavy (non-hydrogen) atoms. The fourth-order valence-electron chi connectivity index (χ4n) is 7.89. The number of carbonyl (C=O) groups excluding carboxylic acids is 1. The number of quaternary nitrogens is 1. The zero-order valence-corrected chi connectivity index (χ0v) is 48.0. The molecule has 0 bridgehead atoms. The number of unbranched alkanes of at least 4 members (excludes halogenated alkanes) is 23. The monoisotopic (exact) mass is 1020 g/mol. The minimum Gasteiger partial charge on any atom is -0.756 e. The zero-order valence-electron chi connectivity index (χ0n) is 47.1. The van der Waals surface area contributed by atoms with Crippen LogP contribution in [0.25, 0.3) is 0 Å². The molecule has 0 aliphatic heterocycles. The second-order valence-electron chi connectivity index (χ2n) is 20.6. The van der Waals surface area contributed by atoms with E-state index in [4.69, 9.17) is 9.05 Å². The molecule has 0 saturated heterocycles. The highest BCUT2D eigenvalue weighted by Gasteiger charge is 2.23. The van der Waals surface area contributed by atoms with Gasteiger partial charge in [0.15, 0.2) is 0 Å². The smallest absolute Gasteiger partial charge is 0.268 e. The third kappa shape index (κ3) is 54.9. The SMILES string of the molecule is CC/C=C\C/C=C\C/C=C\C/C=C\C/C=C\C/C=C\CCCCCCCCCCCCCCCCC(=O)NC(COP(=O)([O-])OCC[N+](C)(C)C)C(O)/C=C/CC/C=C/CC/C=C/CCCCCCCCC. The Morgan fingerprint density at radius 3 is 1.29 bits per heavy atom. The summed E-state index contributed by atoms with van der Waals surface area (Å²) in [7, 11) is 1.22. The first-order valence-electron chi connectivity index (χ1n) is 29.2. The molecular formula is C63H111N2O6P. The number of phosphoric acid groups is 1. The van der Waals surface area contributed by atoms with Gasteiger partial charge in [-0.1, -0.05) is 239 Å². The number of likely N-dealkylation sites (N-methyl/N-ethyl adjacent to an activating group) is 1. The quantitative estimate of drug-likeness (QED) is 0.0272. The van der Waals surface area contributed by atoms with Crippen LogP contribution in [0.15, 0.2) is 109 Å². The van der Waals surface area contributed by atoms with E-state index in [0.717, 1.165) is 83.5 Å². The summed E-state index contributed by atoms with van der Waals surface area (Å²) in [6.07, 6.45) is 77.4. The van der Waals surface area contributed by atoms with Crippen LogP contribution >= 0.6 is 7.82 Å². The minimum atomic E-state index is -4.61. The average Bonchev–Trinajstić information content (AvgIpc) is 3.34. The van der Waals surface area contributed by atoms with Crippen molar-refractivity contribution in [2.75, 3.05) is 40.9 Å². The van der Waals surface area contributed by atoms with E-state index in [9.17, 15) is 19.4 Å². The number of phosphoric ester groups is 1. The molecule has 3 unspecified atom stereocenters. The van der Waals surface area contributed by atoms with Gasteiger partial charge in [0.2, 0.25) is 5.91 Å². The van der Waals surface area contributed by atoms with Gasteiger partial charge >= 0.3 is 0 Å². The number of carbonyl (C=O) groups is 1. The highest BCUT2D eigenvalue weighted by molar-refractivity contribution is 7.45. The molecule has 1 amide bonds. The standard InChI is InChI=1S/C63H111N2O6P/c1-6-8-10-12-14-16-18-20-22-24-25-26-27-28-29-30-31-32-33-34-35-36-37-38-39-41-43-45-47-49-51-53-55-57-63(67)64-61(60-71-72(68,69)70-59-58-65(3,4)5)62(66)56-54-52-50-48-46-44-42-40-23-21-19-17-15-13-11-9-7-2/h8,10,14,16,20,22-23,25-26,28-29,31-32,40,46,48,54,56,61-62,66H,6-7,9,11-13,15,17-19,21,24,27,30,33-39,41-45,47,49-53,55,57-60H2,1-5H3,(H-,64,67,68,69)/b10-8-,16-14-,22-20-,26-25-,29-28-,32-31-,40-23+,48-46+,56-54+. The van der Waals surface area contributed by atoms with Crippen molar-refractivity contribution in [2.24, 2.45) is 0 Å². The van der Waals surface area contributed by atoms with Crippen LogP contribution in [0.5, 0.6) is 0 Å². The van der Waals surface area contributed by atoms with Crippen LogP contribution in [0.4, 0.5) is 0 Å². The Kier molecular flexibility index (Phi) is 50.9. The summed E-state index contributed by atoms with van der Waals surface area (Å²) in [5, 5.41) is 13.8. The molecule has 0 aromatic rings. The molecule has 0 heterocycles. The Morgan fingerprint density at radius 2 is 0.861 bits per heavy atom. The van der Waals surface area contributed by atoms with E-state index in [0.29, 0.717) is 17.4 Å². The van der Waals surface area contributed by atoms with Crippen LogP contribution in [0.1, 0.15) is 232 Å². The van der Waals surface area contributed by atoms with Gasteiger partial charge < -0.3 is 28.8 Å². The maximum absolute atomic E-state index is 13.0. The lowest BCUT2D eigenvalue weighted by Crippen LogP contribution is -2.45. The van der Waals surface area contributed by atoms with Crippen LogP contribution in [0.2, 0.25) is 0 Å². The first kappa shape index (κ1) is 69.2. The number of aliphatic hydroxyl groups is 1. The lowest BCUT2D eigenvalue weighted by molar-refractivity contribution is -0.870. The van der Waals surface area contributed by atoms with Crippen LogP contribution in [-0.4, -0.2) is 68.5 Å². The molecule has 0 aromatic heterocycles. The fraction of sp³-hybridized carbons (Fsp3) is 0.698. The zero-order chi connectivity index (χ0) is 52.7. The van der Waals surface area contributed by atoms with Crippen LogP contribution in [0, 0.1) is 0 Å². The molecule has 9 heteroatoms. The number of nitrogens with one attached hydrogen (secondary N) is 1. The number of hydrogen-bond acceptors (Lipinski definition) is 6. The molecule has 3 atom stereocenters. The Bertz CT molecular complexity index is 1540. The molecule has 0 aromatic carbocycles. The topological polar surface area (TPSA) is 108 Å².